The topological polar surface area (TPSA) is 32.7 Å². The van der Waals surface area contributed by atoms with Crippen LogP contribution in [0.2, 0.25) is 0 Å². The Morgan fingerprint density at radius 3 is 2.44 bits per heavy atom. The molecule has 0 saturated carbocycles. The Balaban J connectivity index is 2.45. The van der Waals surface area contributed by atoms with Gasteiger partial charge in [0.25, 0.3) is 0 Å². The van der Waals surface area contributed by atoms with Gasteiger partial charge in [0.1, 0.15) is 18.5 Å². The highest BCUT2D eigenvalue weighted by atomic mass is 16.5. The molecular weight excluding hydrogens is 226 g/mol. The van der Waals surface area contributed by atoms with E-state index in [1.165, 1.54) is 0 Å². The number of ether oxygens (including phenoxy) is 1. The first-order chi connectivity index (χ1) is 8.54. The van der Waals surface area contributed by atoms with Gasteiger partial charge in [0.15, 0.2) is 0 Å². The zero-order chi connectivity index (χ0) is 13.5. The summed E-state index contributed by atoms with van der Waals surface area (Å²) in [6, 6.07) is 6.07. The largest absolute Gasteiger partial charge is 0.490 e. The average molecular weight is 251 g/mol. The number of aryl methyl sites for hydroxylation is 2. The first-order valence-electron chi connectivity index (χ1n) is 6.60. The lowest BCUT2D eigenvalue weighted by Crippen LogP contribution is -2.33. The van der Waals surface area contributed by atoms with Crippen LogP contribution in [0.25, 0.3) is 0 Å². The van der Waals surface area contributed by atoms with E-state index in [-0.39, 0.29) is 0 Å². The van der Waals surface area contributed by atoms with E-state index in [1.807, 2.05) is 39.1 Å². The molecular formula is C15H25NO2. The van der Waals surface area contributed by atoms with Crippen molar-refractivity contribution in [1.82, 2.24) is 4.90 Å². The molecule has 0 bridgehead atoms. The molecule has 0 aliphatic heterocycles. The Hall–Kier alpha value is -1.06. The van der Waals surface area contributed by atoms with Gasteiger partial charge in [0, 0.05) is 6.54 Å². The zero-order valence-electron chi connectivity index (χ0n) is 11.9. The van der Waals surface area contributed by atoms with Crippen molar-refractivity contribution in [2.45, 2.75) is 33.3 Å². The maximum absolute atomic E-state index is 9.92. The van der Waals surface area contributed by atoms with Crippen molar-refractivity contribution in [1.29, 1.82) is 0 Å². The molecule has 1 aromatic rings. The lowest BCUT2D eigenvalue weighted by Gasteiger charge is -2.21. The van der Waals surface area contributed by atoms with Crippen molar-refractivity contribution < 1.29 is 9.84 Å². The molecule has 0 aliphatic rings. The first-order valence-corrected chi connectivity index (χ1v) is 6.60. The predicted octanol–water partition coefficient (Wildman–Crippen LogP) is 2.38. The number of aliphatic hydroxyl groups is 1. The summed E-state index contributed by atoms with van der Waals surface area (Å²) in [6.07, 6.45) is 0.654. The fraction of sp³-hybridized carbons (Fsp3) is 0.600. The normalized spacial score (nSPS) is 12.8. The second-order valence-electron chi connectivity index (χ2n) is 4.95. The molecule has 0 saturated heterocycles. The Bertz CT molecular complexity index is 345. The molecule has 18 heavy (non-hydrogen) atoms. The summed E-state index contributed by atoms with van der Waals surface area (Å²) in [5, 5.41) is 9.92. The third kappa shape index (κ3) is 4.67. The third-order valence-electron chi connectivity index (χ3n) is 2.96. The number of benzene rings is 1. The second-order valence-corrected chi connectivity index (χ2v) is 4.95. The van der Waals surface area contributed by atoms with Crippen LogP contribution in [-0.2, 0) is 0 Å². The van der Waals surface area contributed by atoms with Crippen LogP contribution >= 0.6 is 0 Å². The van der Waals surface area contributed by atoms with Crippen LogP contribution in [0.1, 0.15) is 24.5 Å². The molecule has 3 nitrogen and oxygen atoms in total. The van der Waals surface area contributed by atoms with Crippen molar-refractivity contribution in [2.75, 3.05) is 26.7 Å². The molecule has 0 fully saturated rings. The van der Waals surface area contributed by atoms with E-state index in [4.69, 9.17) is 4.74 Å². The van der Waals surface area contributed by atoms with Gasteiger partial charge in [-0.2, -0.15) is 0 Å². The minimum atomic E-state index is -0.444. The molecule has 0 amide bonds. The van der Waals surface area contributed by atoms with Gasteiger partial charge in [-0.05, 0) is 45.0 Å². The summed E-state index contributed by atoms with van der Waals surface area (Å²) in [7, 11) is 2.02. The highest BCUT2D eigenvalue weighted by molar-refractivity contribution is 5.39. The Kier molecular flexibility index (Phi) is 6.16. The second kappa shape index (κ2) is 7.39. The van der Waals surface area contributed by atoms with Crippen LogP contribution < -0.4 is 4.74 Å². The van der Waals surface area contributed by atoms with Gasteiger partial charge >= 0.3 is 0 Å². The van der Waals surface area contributed by atoms with E-state index in [0.29, 0.717) is 13.2 Å². The number of nitrogens with zero attached hydrogens (tertiary/aromatic N) is 1. The molecule has 3 heteroatoms. The molecule has 1 N–H and O–H groups in total. The highest BCUT2D eigenvalue weighted by Crippen LogP contribution is 2.22. The SMILES string of the molecule is CCCN(C)CC(O)COc1c(C)cccc1C. The van der Waals surface area contributed by atoms with Crippen LogP contribution in [0.5, 0.6) is 5.75 Å². The van der Waals surface area contributed by atoms with Crippen LogP contribution in [0.3, 0.4) is 0 Å². The quantitative estimate of drug-likeness (QED) is 0.807. The highest BCUT2D eigenvalue weighted by Gasteiger charge is 2.10. The van der Waals surface area contributed by atoms with Crippen molar-refractivity contribution in [2.24, 2.45) is 0 Å². The zero-order valence-corrected chi connectivity index (χ0v) is 11.9. The van der Waals surface area contributed by atoms with E-state index >= 15 is 0 Å². The first kappa shape index (κ1) is 15.0. The molecule has 0 spiro atoms. The lowest BCUT2D eigenvalue weighted by molar-refractivity contribution is 0.0759. The maximum Gasteiger partial charge on any atom is 0.125 e. The molecule has 1 unspecified atom stereocenters. The monoisotopic (exact) mass is 251 g/mol. The lowest BCUT2D eigenvalue weighted by atomic mass is 10.1. The van der Waals surface area contributed by atoms with Gasteiger partial charge in [0.05, 0.1) is 0 Å². The molecule has 1 aromatic carbocycles. The molecule has 102 valence electrons. The number of hydrogen-bond acceptors (Lipinski definition) is 3. The van der Waals surface area contributed by atoms with Gasteiger partial charge in [-0.1, -0.05) is 25.1 Å². The molecule has 0 heterocycles. The summed E-state index contributed by atoms with van der Waals surface area (Å²) < 4.78 is 5.73. The van der Waals surface area contributed by atoms with E-state index in [9.17, 15) is 5.11 Å². The molecule has 0 radical (unpaired) electrons. The van der Waals surface area contributed by atoms with Crippen molar-refractivity contribution >= 4 is 0 Å². The smallest absolute Gasteiger partial charge is 0.125 e. The maximum atomic E-state index is 9.92. The summed E-state index contributed by atoms with van der Waals surface area (Å²) in [5.74, 6) is 0.898. The van der Waals surface area contributed by atoms with E-state index in [1.54, 1.807) is 0 Å². The molecule has 1 rings (SSSR count). The van der Waals surface area contributed by atoms with Gasteiger partial charge in [-0.3, -0.25) is 0 Å². The van der Waals surface area contributed by atoms with E-state index < -0.39 is 6.10 Å². The third-order valence-corrected chi connectivity index (χ3v) is 2.96. The number of aliphatic hydroxyl groups excluding tert-OH is 1. The fourth-order valence-electron chi connectivity index (χ4n) is 2.09. The van der Waals surface area contributed by atoms with Gasteiger partial charge in [-0.15, -0.1) is 0 Å². The number of para-hydroxylation sites is 1. The Morgan fingerprint density at radius 1 is 1.28 bits per heavy atom. The van der Waals surface area contributed by atoms with Gasteiger partial charge in [0.2, 0.25) is 0 Å². The van der Waals surface area contributed by atoms with E-state index in [2.05, 4.69) is 11.8 Å². The summed E-state index contributed by atoms with van der Waals surface area (Å²) in [4.78, 5) is 2.12. The van der Waals surface area contributed by atoms with Crippen LogP contribution in [-0.4, -0.2) is 42.9 Å². The summed E-state index contributed by atoms with van der Waals surface area (Å²) in [6.45, 7) is 8.19. The van der Waals surface area contributed by atoms with Crippen molar-refractivity contribution in [3.63, 3.8) is 0 Å². The number of likely N-dealkylation sites (N-methyl/N-ethyl adjacent to an activating group) is 1. The predicted molar refractivity (Wildman–Crippen MR) is 75.2 cm³/mol. The summed E-state index contributed by atoms with van der Waals surface area (Å²) >= 11 is 0. The molecule has 1 atom stereocenters. The van der Waals surface area contributed by atoms with Gasteiger partial charge in [-0.25, -0.2) is 0 Å². The minimum Gasteiger partial charge on any atom is -0.490 e. The van der Waals surface area contributed by atoms with Crippen molar-refractivity contribution in [3.05, 3.63) is 29.3 Å². The number of rotatable bonds is 7. The van der Waals surface area contributed by atoms with Crippen LogP contribution in [0.4, 0.5) is 0 Å². The summed E-state index contributed by atoms with van der Waals surface area (Å²) in [5.41, 5.74) is 2.23. The standard InChI is InChI=1S/C15H25NO2/c1-5-9-16(4)10-14(17)11-18-15-12(2)7-6-8-13(15)3/h6-8,14,17H,5,9-11H2,1-4H3. The Labute approximate surface area is 110 Å². The molecule has 0 aliphatic carbocycles. The minimum absolute atomic E-state index is 0.347. The Morgan fingerprint density at radius 2 is 1.89 bits per heavy atom. The fourth-order valence-corrected chi connectivity index (χ4v) is 2.09. The van der Waals surface area contributed by atoms with Crippen LogP contribution in [0.15, 0.2) is 18.2 Å². The van der Waals surface area contributed by atoms with E-state index in [0.717, 1.165) is 29.8 Å². The van der Waals surface area contributed by atoms with Crippen LogP contribution in [0, 0.1) is 13.8 Å². The average Bonchev–Trinajstić information content (AvgIpc) is 2.28. The van der Waals surface area contributed by atoms with Crippen molar-refractivity contribution in [3.8, 4) is 5.75 Å². The molecule has 0 aromatic heterocycles. The van der Waals surface area contributed by atoms with Gasteiger partial charge < -0.3 is 14.7 Å². The number of hydrogen-bond donors (Lipinski definition) is 1.